The van der Waals surface area contributed by atoms with Crippen LogP contribution in [0, 0.1) is 9.52 Å². The topological polar surface area (TPSA) is 49.2 Å². The molecule has 2 atom stereocenters. The van der Waals surface area contributed by atoms with E-state index in [9.17, 15) is 0 Å². The first-order chi connectivity index (χ1) is 13.5. The van der Waals surface area contributed by atoms with Crippen molar-refractivity contribution < 1.29 is 13.9 Å². The number of nitrogens with zero attached hydrogens (tertiary/aromatic N) is 3. The second kappa shape index (κ2) is 8.30. The second-order valence-corrected chi connectivity index (χ2v) is 8.47. The number of aromatic nitrogens is 3. The van der Waals surface area contributed by atoms with Crippen LogP contribution in [0.5, 0.6) is 5.75 Å². The molecule has 148 valence electrons. The van der Waals surface area contributed by atoms with Gasteiger partial charge in [0, 0.05) is 36.0 Å². The zero-order valence-corrected chi connectivity index (χ0v) is 18.6. The summed E-state index contributed by atoms with van der Waals surface area (Å²) in [5, 5.41) is 6.00. The molecule has 1 fully saturated rings. The molecule has 0 amide bonds. The van der Waals surface area contributed by atoms with Crippen molar-refractivity contribution in [3.8, 4) is 5.75 Å². The largest absolute Gasteiger partial charge is 0.486 e. The second-order valence-electron chi connectivity index (χ2n) is 6.63. The maximum absolute atomic E-state index is 15.0. The van der Waals surface area contributed by atoms with E-state index in [2.05, 4.69) is 32.7 Å². The first-order valence-electron chi connectivity index (χ1n) is 8.90. The summed E-state index contributed by atoms with van der Waals surface area (Å²) in [6.45, 7) is 2.47. The van der Waals surface area contributed by atoms with Gasteiger partial charge in [0.05, 0.1) is 10.0 Å². The Morgan fingerprint density at radius 2 is 2.04 bits per heavy atom. The highest BCUT2D eigenvalue weighted by atomic mass is 127. The quantitative estimate of drug-likeness (QED) is 0.367. The van der Waals surface area contributed by atoms with Crippen LogP contribution in [0.3, 0.4) is 0 Å². The number of benzene rings is 1. The van der Waals surface area contributed by atoms with Crippen molar-refractivity contribution in [1.29, 1.82) is 0 Å². The highest BCUT2D eigenvalue weighted by Gasteiger charge is 2.24. The van der Waals surface area contributed by atoms with E-state index in [0.29, 0.717) is 42.6 Å². The predicted molar refractivity (Wildman–Crippen MR) is 115 cm³/mol. The first-order valence-corrected chi connectivity index (χ1v) is 10.7. The van der Waals surface area contributed by atoms with Gasteiger partial charge in [-0.3, -0.25) is 4.98 Å². The van der Waals surface area contributed by atoms with Crippen LogP contribution in [-0.2, 0) is 4.74 Å². The van der Waals surface area contributed by atoms with Crippen LogP contribution in [0.2, 0.25) is 10.0 Å². The fourth-order valence-corrected chi connectivity index (χ4v) is 4.74. The fourth-order valence-electron chi connectivity index (χ4n) is 3.43. The third-order valence-corrected chi connectivity index (χ3v) is 6.12. The SMILES string of the molecule is C[C@@H](Oc1cc(F)c2c(c1)c(I)nn2C1CCCCO1)c1c(Cl)cncc1Cl. The average Bonchev–Trinajstić information content (AvgIpc) is 2.99. The van der Waals surface area contributed by atoms with Crippen LogP contribution in [-0.4, -0.2) is 21.4 Å². The van der Waals surface area contributed by atoms with Gasteiger partial charge in [0.15, 0.2) is 12.0 Å². The third kappa shape index (κ3) is 3.81. The average molecular weight is 536 g/mol. The van der Waals surface area contributed by atoms with Gasteiger partial charge >= 0.3 is 0 Å². The summed E-state index contributed by atoms with van der Waals surface area (Å²) in [6, 6.07) is 3.14. The Morgan fingerprint density at radius 1 is 1.29 bits per heavy atom. The van der Waals surface area contributed by atoms with Crippen molar-refractivity contribution in [3.63, 3.8) is 0 Å². The van der Waals surface area contributed by atoms with Crippen LogP contribution in [0.4, 0.5) is 4.39 Å². The van der Waals surface area contributed by atoms with Gasteiger partial charge in [-0.2, -0.15) is 5.10 Å². The number of hydrogen-bond donors (Lipinski definition) is 0. The van der Waals surface area contributed by atoms with E-state index >= 15 is 4.39 Å². The highest BCUT2D eigenvalue weighted by Crippen LogP contribution is 2.36. The highest BCUT2D eigenvalue weighted by molar-refractivity contribution is 14.1. The van der Waals surface area contributed by atoms with Crippen LogP contribution in [0.15, 0.2) is 24.5 Å². The number of fused-ring (bicyclic) bond motifs is 1. The molecule has 5 nitrogen and oxygen atoms in total. The molecule has 0 aliphatic carbocycles. The molecule has 2 aromatic heterocycles. The van der Waals surface area contributed by atoms with Crippen LogP contribution in [0.25, 0.3) is 10.9 Å². The first kappa shape index (κ1) is 20.1. The zero-order valence-electron chi connectivity index (χ0n) is 15.0. The molecule has 0 bridgehead atoms. The molecule has 3 heterocycles. The van der Waals surface area contributed by atoms with Crippen molar-refractivity contribution in [3.05, 3.63) is 49.7 Å². The molecule has 1 unspecified atom stereocenters. The minimum atomic E-state index is -0.478. The molecule has 1 aliphatic heterocycles. The number of rotatable bonds is 4. The summed E-state index contributed by atoms with van der Waals surface area (Å²) in [5.41, 5.74) is 1.04. The minimum Gasteiger partial charge on any atom is -0.486 e. The third-order valence-electron chi connectivity index (χ3n) is 4.72. The Balaban J connectivity index is 1.69. The molecule has 28 heavy (non-hydrogen) atoms. The Kier molecular flexibility index (Phi) is 5.96. The van der Waals surface area contributed by atoms with Crippen molar-refractivity contribution in [2.75, 3.05) is 6.61 Å². The molecule has 1 aromatic carbocycles. The number of ether oxygens (including phenoxy) is 2. The Labute approximate surface area is 185 Å². The van der Waals surface area contributed by atoms with Gasteiger partial charge < -0.3 is 9.47 Å². The Bertz CT molecular complexity index is 1000. The zero-order chi connectivity index (χ0) is 19.8. The number of hydrogen-bond acceptors (Lipinski definition) is 4. The van der Waals surface area contributed by atoms with E-state index in [1.165, 1.54) is 18.5 Å². The number of pyridine rings is 1. The van der Waals surface area contributed by atoms with Gasteiger partial charge in [0.1, 0.15) is 21.1 Å². The molecule has 1 saturated heterocycles. The maximum atomic E-state index is 15.0. The van der Waals surface area contributed by atoms with Crippen molar-refractivity contribution in [2.24, 2.45) is 0 Å². The Morgan fingerprint density at radius 3 is 2.71 bits per heavy atom. The lowest BCUT2D eigenvalue weighted by Gasteiger charge is -2.23. The monoisotopic (exact) mass is 535 g/mol. The molecule has 3 aromatic rings. The standard InChI is InChI=1S/C19H17Cl2FIN3O2/c1-10(17-13(20)8-24-9-14(17)21)28-11-6-12-18(15(22)7-11)26(25-19(12)23)16-4-2-3-5-27-16/h6-10,16H,2-5H2,1H3/t10-,16?/m1/s1. The van der Waals surface area contributed by atoms with E-state index in [1.807, 2.05) is 0 Å². The molecule has 4 rings (SSSR count). The van der Waals surface area contributed by atoms with Gasteiger partial charge in [-0.05, 0) is 54.8 Å². The predicted octanol–water partition coefficient (Wildman–Crippen LogP) is 6.32. The number of halogens is 4. The summed E-state index contributed by atoms with van der Waals surface area (Å²) in [5.74, 6) is -0.0281. The van der Waals surface area contributed by atoms with Crippen LogP contribution < -0.4 is 4.74 Å². The minimum absolute atomic E-state index is 0.241. The van der Waals surface area contributed by atoms with Gasteiger partial charge in [-0.1, -0.05) is 23.2 Å². The molecular weight excluding hydrogens is 519 g/mol. The van der Waals surface area contributed by atoms with Crippen LogP contribution in [0.1, 0.15) is 44.1 Å². The van der Waals surface area contributed by atoms with E-state index < -0.39 is 11.9 Å². The summed E-state index contributed by atoms with van der Waals surface area (Å²) >= 11 is 14.5. The smallest absolute Gasteiger partial charge is 0.152 e. The van der Waals surface area contributed by atoms with Gasteiger partial charge in [0.25, 0.3) is 0 Å². The van der Waals surface area contributed by atoms with Crippen LogP contribution >= 0.6 is 45.8 Å². The maximum Gasteiger partial charge on any atom is 0.152 e. The molecule has 0 radical (unpaired) electrons. The summed E-state index contributed by atoms with van der Waals surface area (Å²) in [4.78, 5) is 3.94. The molecule has 0 spiro atoms. The fraction of sp³-hybridized carbons (Fsp3) is 0.368. The lowest BCUT2D eigenvalue weighted by Crippen LogP contribution is -2.19. The molecule has 0 saturated carbocycles. The summed E-state index contributed by atoms with van der Waals surface area (Å²) < 4.78 is 29.1. The lowest BCUT2D eigenvalue weighted by atomic mass is 10.1. The van der Waals surface area contributed by atoms with E-state index in [4.69, 9.17) is 32.7 Å². The normalized spacial score (nSPS) is 18.4. The molecule has 1 aliphatic rings. The lowest BCUT2D eigenvalue weighted by molar-refractivity contribution is -0.0371. The molecule has 9 heteroatoms. The van der Waals surface area contributed by atoms with Gasteiger partial charge in [-0.25, -0.2) is 9.07 Å². The summed E-state index contributed by atoms with van der Waals surface area (Å²) in [6.07, 6.45) is 5.17. The van der Waals surface area contributed by atoms with E-state index in [-0.39, 0.29) is 6.23 Å². The van der Waals surface area contributed by atoms with E-state index in [0.717, 1.165) is 19.3 Å². The molecule has 0 N–H and O–H groups in total. The van der Waals surface area contributed by atoms with Gasteiger partial charge in [-0.15, -0.1) is 0 Å². The summed E-state index contributed by atoms with van der Waals surface area (Å²) in [7, 11) is 0. The Hall–Kier alpha value is -1.16. The van der Waals surface area contributed by atoms with Crippen molar-refractivity contribution in [1.82, 2.24) is 14.8 Å². The van der Waals surface area contributed by atoms with Gasteiger partial charge in [0.2, 0.25) is 0 Å². The van der Waals surface area contributed by atoms with E-state index in [1.54, 1.807) is 17.7 Å². The van der Waals surface area contributed by atoms with Crippen molar-refractivity contribution >= 4 is 56.7 Å². The molecular formula is C19H17Cl2FIN3O2. The van der Waals surface area contributed by atoms with Crippen molar-refractivity contribution in [2.45, 2.75) is 38.5 Å².